The van der Waals surface area contributed by atoms with E-state index in [4.69, 9.17) is 10.00 Å². The molecule has 8 heteroatoms. The summed E-state index contributed by atoms with van der Waals surface area (Å²) in [7, 11) is 0. The van der Waals surface area contributed by atoms with Crippen LogP contribution in [0.4, 0.5) is 5.69 Å². The van der Waals surface area contributed by atoms with Crippen molar-refractivity contribution in [2.75, 3.05) is 11.9 Å². The van der Waals surface area contributed by atoms with Gasteiger partial charge in [-0.2, -0.15) is 5.26 Å². The molecule has 0 radical (unpaired) electrons. The number of rotatable bonds is 9. The van der Waals surface area contributed by atoms with Gasteiger partial charge in [-0.25, -0.2) is 4.79 Å². The number of nitrogens with zero attached hydrogens (tertiary/aromatic N) is 3. The molecule has 3 rings (SSSR count). The highest BCUT2D eigenvalue weighted by Gasteiger charge is 2.14. The molecule has 0 aliphatic carbocycles. The summed E-state index contributed by atoms with van der Waals surface area (Å²) in [6.07, 6.45) is 0.971. The lowest BCUT2D eigenvalue weighted by molar-refractivity contribution is -0.117. The quantitative estimate of drug-likeness (QED) is 0.539. The fraction of sp³-hybridized carbons (Fsp3) is 0.360. The van der Waals surface area contributed by atoms with E-state index in [-0.39, 0.29) is 29.6 Å². The first-order valence-electron chi connectivity index (χ1n) is 11.1. The van der Waals surface area contributed by atoms with Crippen molar-refractivity contribution in [1.82, 2.24) is 9.13 Å². The average Bonchev–Trinajstić information content (AvgIpc) is 2.80. The van der Waals surface area contributed by atoms with Gasteiger partial charge < -0.3 is 10.1 Å². The SMILES string of the molecule is CCn1c(=O)c2cc(NC(=O)CC(C)CCOc3cccc(C#N)c3)ccc2n(CC)c1=O. The van der Waals surface area contributed by atoms with Crippen molar-refractivity contribution in [3.8, 4) is 11.8 Å². The topological polar surface area (TPSA) is 106 Å². The zero-order valence-corrected chi connectivity index (χ0v) is 19.1. The van der Waals surface area contributed by atoms with Crippen LogP contribution in [0.5, 0.6) is 5.75 Å². The normalized spacial score (nSPS) is 11.7. The molecule has 8 nitrogen and oxygen atoms in total. The van der Waals surface area contributed by atoms with Gasteiger partial charge in [-0.05, 0) is 62.6 Å². The fourth-order valence-electron chi connectivity index (χ4n) is 3.75. The summed E-state index contributed by atoms with van der Waals surface area (Å²) in [5.74, 6) is 0.547. The van der Waals surface area contributed by atoms with Crippen LogP contribution in [-0.2, 0) is 17.9 Å². The van der Waals surface area contributed by atoms with Gasteiger partial charge >= 0.3 is 5.69 Å². The molecule has 1 unspecified atom stereocenters. The molecule has 33 heavy (non-hydrogen) atoms. The van der Waals surface area contributed by atoms with Crippen LogP contribution in [0.25, 0.3) is 10.9 Å². The maximum absolute atomic E-state index is 12.7. The van der Waals surface area contributed by atoms with Gasteiger partial charge in [0.15, 0.2) is 0 Å². The van der Waals surface area contributed by atoms with Crippen LogP contribution < -0.4 is 21.3 Å². The highest BCUT2D eigenvalue weighted by Crippen LogP contribution is 2.18. The maximum Gasteiger partial charge on any atom is 0.331 e. The lowest BCUT2D eigenvalue weighted by Crippen LogP contribution is -2.39. The Morgan fingerprint density at radius 2 is 1.88 bits per heavy atom. The molecule has 0 saturated carbocycles. The first-order valence-corrected chi connectivity index (χ1v) is 11.1. The van der Waals surface area contributed by atoms with Crippen LogP contribution in [0.15, 0.2) is 52.1 Å². The van der Waals surface area contributed by atoms with Crippen molar-refractivity contribution >= 4 is 22.5 Å². The number of nitrogens with one attached hydrogen (secondary N) is 1. The van der Waals surface area contributed by atoms with Crippen molar-refractivity contribution in [1.29, 1.82) is 5.26 Å². The van der Waals surface area contributed by atoms with E-state index in [2.05, 4.69) is 11.4 Å². The number of aromatic nitrogens is 2. The second kappa shape index (κ2) is 10.6. The van der Waals surface area contributed by atoms with Crippen molar-refractivity contribution in [2.45, 2.75) is 46.7 Å². The van der Waals surface area contributed by atoms with Crippen LogP contribution in [0.2, 0.25) is 0 Å². The smallest absolute Gasteiger partial charge is 0.331 e. The molecule has 3 aromatic rings. The van der Waals surface area contributed by atoms with Crippen molar-refractivity contribution in [2.24, 2.45) is 5.92 Å². The Morgan fingerprint density at radius 3 is 2.58 bits per heavy atom. The molecule has 0 fully saturated rings. The van der Waals surface area contributed by atoms with Gasteiger partial charge in [-0.15, -0.1) is 0 Å². The van der Waals surface area contributed by atoms with E-state index < -0.39 is 0 Å². The van der Waals surface area contributed by atoms with Gasteiger partial charge in [0.2, 0.25) is 5.91 Å². The summed E-state index contributed by atoms with van der Waals surface area (Å²) < 4.78 is 8.44. The molecule has 1 amide bonds. The number of nitriles is 1. The van der Waals surface area contributed by atoms with Gasteiger partial charge in [-0.3, -0.25) is 18.7 Å². The molecule has 0 aliphatic heterocycles. The summed E-state index contributed by atoms with van der Waals surface area (Å²) in [6, 6.07) is 14.1. The van der Waals surface area contributed by atoms with E-state index in [1.165, 1.54) is 4.57 Å². The average molecular weight is 449 g/mol. The van der Waals surface area contributed by atoms with E-state index in [9.17, 15) is 14.4 Å². The second-order valence-corrected chi connectivity index (χ2v) is 7.94. The van der Waals surface area contributed by atoms with Gasteiger partial charge in [0, 0.05) is 25.2 Å². The van der Waals surface area contributed by atoms with Gasteiger partial charge in [-0.1, -0.05) is 13.0 Å². The predicted molar refractivity (Wildman–Crippen MR) is 127 cm³/mol. The maximum atomic E-state index is 12.7. The third kappa shape index (κ3) is 5.50. The first kappa shape index (κ1) is 23.8. The summed E-state index contributed by atoms with van der Waals surface area (Å²) in [4.78, 5) is 37.8. The highest BCUT2D eigenvalue weighted by molar-refractivity contribution is 5.93. The van der Waals surface area contributed by atoms with E-state index in [1.807, 2.05) is 13.8 Å². The summed E-state index contributed by atoms with van der Waals surface area (Å²) >= 11 is 0. The Morgan fingerprint density at radius 1 is 1.12 bits per heavy atom. The summed E-state index contributed by atoms with van der Waals surface area (Å²) in [5, 5.41) is 12.2. The van der Waals surface area contributed by atoms with Crippen molar-refractivity contribution in [3.63, 3.8) is 0 Å². The number of amides is 1. The molecule has 0 saturated heterocycles. The highest BCUT2D eigenvalue weighted by atomic mass is 16.5. The molecule has 1 N–H and O–H groups in total. The van der Waals surface area contributed by atoms with Crippen LogP contribution in [0.1, 0.15) is 39.2 Å². The largest absolute Gasteiger partial charge is 0.494 e. The Hall–Kier alpha value is -3.86. The molecule has 0 aliphatic rings. The number of fused-ring (bicyclic) bond motifs is 1. The van der Waals surface area contributed by atoms with Crippen LogP contribution in [-0.4, -0.2) is 21.6 Å². The minimum absolute atomic E-state index is 0.0761. The van der Waals surface area contributed by atoms with Crippen LogP contribution >= 0.6 is 0 Å². The minimum atomic E-state index is -0.357. The lowest BCUT2D eigenvalue weighted by Gasteiger charge is -2.14. The molecule has 172 valence electrons. The number of carbonyl (C=O) groups excluding carboxylic acids is 1. The number of ether oxygens (including phenoxy) is 1. The molecular weight excluding hydrogens is 420 g/mol. The molecular formula is C25H28N4O4. The number of anilines is 1. The Kier molecular flexibility index (Phi) is 7.67. The monoisotopic (exact) mass is 448 g/mol. The molecule has 0 spiro atoms. The molecule has 0 bridgehead atoms. The van der Waals surface area contributed by atoms with E-state index in [1.54, 1.807) is 54.0 Å². The van der Waals surface area contributed by atoms with E-state index >= 15 is 0 Å². The number of carbonyl (C=O) groups is 1. The van der Waals surface area contributed by atoms with Crippen LogP contribution in [0.3, 0.4) is 0 Å². The van der Waals surface area contributed by atoms with Crippen LogP contribution in [0, 0.1) is 17.2 Å². The van der Waals surface area contributed by atoms with Crippen molar-refractivity contribution in [3.05, 3.63) is 68.9 Å². The standard InChI is InChI=1S/C25H28N4O4/c1-4-28-22-10-9-19(15-21(22)24(31)29(5-2)25(28)32)27-23(30)13-17(3)11-12-33-20-8-6-7-18(14-20)16-26/h6-10,14-15,17H,4-5,11-13H2,1-3H3,(H,27,30). The number of benzene rings is 2. The van der Waals surface area contributed by atoms with E-state index in [0.717, 1.165) is 0 Å². The minimum Gasteiger partial charge on any atom is -0.494 e. The number of aryl methyl sites for hydroxylation is 1. The summed E-state index contributed by atoms with van der Waals surface area (Å²) in [5.41, 5.74) is 0.928. The Bertz CT molecular complexity index is 1320. The zero-order chi connectivity index (χ0) is 24.0. The predicted octanol–water partition coefficient (Wildman–Crippen LogP) is 3.51. The van der Waals surface area contributed by atoms with E-state index in [0.29, 0.717) is 53.9 Å². The second-order valence-electron chi connectivity index (χ2n) is 7.94. The third-order valence-corrected chi connectivity index (χ3v) is 5.52. The number of hydrogen-bond donors (Lipinski definition) is 1. The molecule has 1 heterocycles. The van der Waals surface area contributed by atoms with Crippen molar-refractivity contribution < 1.29 is 9.53 Å². The molecule has 1 atom stereocenters. The lowest BCUT2D eigenvalue weighted by atomic mass is 10.0. The third-order valence-electron chi connectivity index (χ3n) is 5.52. The molecule has 2 aromatic carbocycles. The fourth-order valence-corrected chi connectivity index (χ4v) is 3.75. The molecule has 1 aromatic heterocycles. The zero-order valence-electron chi connectivity index (χ0n) is 19.1. The Labute approximate surface area is 192 Å². The van der Waals surface area contributed by atoms with Gasteiger partial charge in [0.05, 0.1) is 29.1 Å². The Balaban J connectivity index is 1.63. The summed E-state index contributed by atoms with van der Waals surface area (Å²) in [6.45, 7) is 6.74. The first-order chi connectivity index (χ1) is 15.9. The number of hydrogen-bond acceptors (Lipinski definition) is 5. The van der Waals surface area contributed by atoms with Gasteiger partial charge in [0.25, 0.3) is 5.56 Å². The van der Waals surface area contributed by atoms with Gasteiger partial charge in [0.1, 0.15) is 5.75 Å².